The molecule has 0 radical (unpaired) electrons. The lowest BCUT2D eigenvalue weighted by atomic mass is 9.76. The van der Waals surface area contributed by atoms with E-state index in [1.807, 2.05) is 42.5 Å². The fourth-order valence-corrected chi connectivity index (χ4v) is 3.76. The zero-order valence-corrected chi connectivity index (χ0v) is 15.5. The van der Waals surface area contributed by atoms with Gasteiger partial charge in [-0.2, -0.15) is 0 Å². The Morgan fingerprint density at radius 2 is 1.15 bits per heavy atom. The van der Waals surface area contributed by atoms with E-state index in [1.54, 1.807) is 12.4 Å². The molecule has 3 heteroatoms. The largest absolute Gasteiger partial charge is 0.368 e. The predicted molar refractivity (Wildman–Crippen MR) is 112 cm³/mol. The summed E-state index contributed by atoms with van der Waals surface area (Å²) >= 11 is 6.72. The smallest absolute Gasteiger partial charge is 0.115 e. The highest BCUT2D eigenvalue weighted by molar-refractivity contribution is 6.31. The molecule has 0 bridgehead atoms. The lowest BCUT2D eigenvalue weighted by Gasteiger charge is -2.38. The third kappa shape index (κ3) is 3.32. The van der Waals surface area contributed by atoms with Crippen LogP contribution in [0, 0.1) is 0 Å². The highest BCUT2D eigenvalue weighted by atomic mass is 35.5. The first-order chi connectivity index (χ1) is 13.3. The van der Waals surface area contributed by atoms with E-state index >= 15 is 0 Å². The number of benzene rings is 3. The minimum absolute atomic E-state index is 0.637. The quantitative estimate of drug-likeness (QED) is 0.427. The van der Waals surface area contributed by atoms with Gasteiger partial charge in [0.25, 0.3) is 0 Å². The molecule has 1 N–H and O–H groups in total. The van der Waals surface area contributed by atoms with Gasteiger partial charge in [0.2, 0.25) is 0 Å². The molecule has 0 aliphatic rings. The number of nitrogens with one attached hydrogen (secondary N) is 1. The molecule has 2 nitrogen and oxygen atoms in total. The Kier molecular flexibility index (Phi) is 4.91. The van der Waals surface area contributed by atoms with Crippen molar-refractivity contribution in [2.45, 2.75) is 5.54 Å². The lowest BCUT2D eigenvalue weighted by molar-refractivity contribution is 0.712. The molecule has 0 unspecified atom stereocenters. The van der Waals surface area contributed by atoms with Crippen molar-refractivity contribution in [3.63, 3.8) is 0 Å². The van der Waals surface area contributed by atoms with E-state index in [4.69, 9.17) is 11.6 Å². The summed E-state index contributed by atoms with van der Waals surface area (Å²) in [6, 6.07) is 32.7. The zero-order chi connectivity index (χ0) is 18.5. The molecule has 1 aromatic heterocycles. The van der Waals surface area contributed by atoms with Crippen LogP contribution in [0.3, 0.4) is 0 Å². The highest BCUT2D eigenvalue weighted by Gasteiger charge is 2.37. The monoisotopic (exact) mass is 370 g/mol. The molecular formula is C24H19ClN2. The van der Waals surface area contributed by atoms with Crippen LogP contribution in [0.5, 0.6) is 0 Å². The first-order valence-corrected chi connectivity index (χ1v) is 9.23. The second kappa shape index (κ2) is 7.65. The van der Waals surface area contributed by atoms with Gasteiger partial charge in [-0.3, -0.25) is 4.98 Å². The summed E-state index contributed by atoms with van der Waals surface area (Å²) < 4.78 is 0. The van der Waals surface area contributed by atoms with E-state index in [0.29, 0.717) is 5.02 Å². The molecule has 0 saturated heterocycles. The summed E-state index contributed by atoms with van der Waals surface area (Å²) in [5, 5.41) is 4.47. The molecule has 4 aromatic rings. The Labute approximate surface area is 164 Å². The van der Waals surface area contributed by atoms with Gasteiger partial charge in [-0.25, -0.2) is 0 Å². The van der Waals surface area contributed by atoms with Gasteiger partial charge in [0, 0.05) is 28.7 Å². The van der Waals surface area contributed by atoms with E-state index < -0.39 is 5.54 Å². The first-order valence-electron chi connectivity index (χ1n) is 8.85. The summed E-state index contributed by atoms with van der Waals surface area (Å²) in [6.07, 6.45) is 3.57. The van der Waals surface area contributed by atoms with E-state index in [-0.39, 0.29) is 0 Å². The average molecular weight is 371 g/mol. The number of rotatable bonds is 5. The molecule has 0 amide bonds. The molecule has 0 spiro atoms. The van der Waals surface area contributed by atoms with E-state index in [9.17, 15) is 0 Å². The van der Waals surface area contributed by atoms with Gasteiger partial charge in [0.05, 0.1) is 0 Å². The van der Waals surface area contributed by atoms with Crippen molar-refractivity contribution in [1.29, 1.82) is 0 Å². The Bertz CT molecular complexity index is 962. The Balaban J connectivity index is 2.04. The SMILES string of the molecule is Clc1ccccc1C(Nc1ccncc1)(c1ccccc1)c1ccccc1. The molecule has 3 aromatic carbocycles. The first kappa shape index (κ1) is 17.3. The van der Waals surface area contributed by atoms with Crippen molar-refractivity contribution in [3.05, 3.63) is 131 Å². The maximum absolute atomic E-state index is 6.72. The van der Waals surface area contributed by atoms with E-state index in [1.165, 1.54) is 0 Å². The summed E-state index contributed by atoms with van der Waals surface area (Å²) in [6.45, 7) is 0. The normalized spacial score (nSPS) is 11.1. The lowest BCUT2D eigenvalue weighted by Crippen LogP contribution is -2.38. The van der Waals surface area contributed by atoms with Crippen LogP contribution in [0.1, 0.15) is 16.7 Å². The molecular weight excluding hydrogens is 352 g/mol. The van der Waals surface area contributed by atoms with Crippen molar-refractivity contribution in [3.8, 4) is 0 Å². The van der Waals surface area contributed by atoms with Gasteiger partial charge in [0.1, 0.15) is 5.54 Å². The summed E-state index contributed by atoms with van der Waals surface area (Å²) in [4.78, 5) is 4.15. The number of halogens is 1. The number of anilines is 1. The molecule has 4 rings (SSSR count). The summed E-state index contributed by atoms with van der Waals surface area (Å²) in [7, 11) is 0. The molecule has 0 atom stereocenters. The second-order valence-electron chi connectivity index (χ2n) is 6.32. The minimum atomic E-state index is -0.637. The number of hydrogen-bond acceptors (Lipinski definition) is 2. The molecule has 132 valence electrons. The molecule has 0 saturated carbocycles. The Morgan fingerprint density at radius 1 is 0.630 bits per heavy atom. The van der Waals surface area contributed by atoms with Crippen molar-refractivity contribution in [1.82, 2.24) is 4.98 Å². The van der Waals surface area contributed by atoms with Crippen molar-refractivity contribution in [2.75, 3.05) is 5.32 Å². The average Bonchev–Trinajstić information content (AvgIpc) is 2.75. The van der Waals surface area contributed by atoms with Gasteiger partial charge in [-0.05, 0) is 29.3 Å². The molecule has 0 aliphatic carbocycles. The maximum atomic E-state index is 6.72. The standard InChI is InChI=1S/C24H19ClN2/c25-23-14-8-7-13-22(23)24(19-9-3-1-4-10-19,20-11-5-2-6-12-20)27-21-15-17-26-18-16-21/h1-18H,(H,26,27). The zero-order valence-electron chi connectivity index (χ0n) is 14.7. The van der Waals surface area contributed by atoms with Crippen LogP contribution < -0.4 is 5.32 Å². The summed E-state index contributed by atoms with van der Waals surface area (Å²) in [5.74, 6) is 0. The van der Waals surface area contributed by atoms with E-state index in [2.05, 4.69) is 64.9 Å². The predicted octanol–water partition coefficient (Wildman–Crippen LogP) is 6.14. The molecule has 1 heterocycles. The topological polar surface area (TPSA) is 24.9 Å². The third-order valence-corrected chi connectivity index (χ3v) is 5.03. The fourth-order valence-electron chi connectivity index (χ4n) is 3.48. The molecule has 27 heavy (non-hydrogen) atoms. The van der Waals surface area contributed by atoms with Gasteiger partial charge in [-0.1, -0.05) is 90.5 Å². The number of hydrogen-bond donors (Lipinski definition) is 1. The van der Waals surface area contributed by atoms with Gasteiger partial charge < -0.3 is 5.32 Å². The van der Waals surface area contributed by atoms with Crippen LogP contribution in [0.2, 0.25) is 5.02 Å². The van der Waals surface area contributed by atoms with Crippen molar-refractivity contribution in [2.24, 2.45) is 0 Å². The minimum Gasteiger partial charge on any atom is -0.368 e. The second-order valence-corrected chi connectivity index (χ2v) is 6.73. The Morgan fingerprint density at radius 3 is 1.70 bits per heavy atom. The maximum Gasteiger partial charge on any atom is 0.115 e. The van der Waals surface area contributed by atoms with Crippen molar-refractivity contribution >= 4 is 17.3 Å². The molecule has 0 aliphatic heterocycles. The van der Waals surface area contributed by atoms with Gasteiger partial charge >= 0.3 is 0 Å². The van der Waals surface area contributed by atoms with Crippen LogP contribution in [0.15, 0.2) is 109 Å². The number of nitrogens with zero attached hydrogens (tertiary/aromatic N) is 1. The van der Waals surface area contributed by atoms with Crippen LogP contribution in [-0.2, 0) is 5.54 Å². The van der Waals surface area contributed by atoms with Crippen LogP contribution in [0.25, 0.3) is 0 Å². The van der Waals surface area contributed by atoms with E-state index in [0.717, 1.165) is 22.4 Å². The van der Waals surface area contributed by atoms with Crippen LogP contribution in [-0.4, -0.2) is 4.98 Å². The highest BCUT2D eigenvalue weighted by Crippen LogP contribution is 2.42. The van der Waals surface area contributed by atoms with Crippen molar-refractivity contribution < 1.29 is 0 Å². The fraction of sp³-hybridized carbons (Fsp3) is 0.0417. The Hall–Kier alpha value is -3.10. The van der Waals surface area contributed by atoms with Crippen LogP contribution >= 0.6 is 11.6 Å². The molecule has 0 fully saturated rings. The van der Waals surface area contributed by atoms with Gasteiger partial charge in [0.15, 0.2) is 0 Å². The van der Waals surface area contributed by atoms with Crippen LogP contribution in [0.4, 0.5) is 5.69 Å². The number of pyridine rings is 1. The third-order valence-electron chi connectivity index (χ3n) is 4.70. The van der Waals surface area contributed by atoms with Gasteiger partial charge in [-0.15, -0.1) is 0 Å². The summed E-state index contributed by atoms with van der Waals surface area (Å²) in [5.41, 5.74) is 3.56. The number of aromatic nitrogens is 1.